The highest BCUT2D eigenvalue weighted by Gasteiger charge is 2.27. The molecular formula is C25H25F3N8O5. The molecular weight excluding hydrogens is 549 g/mol. The van der Waals surface area contributed by atoms with Crippen LogP contribution >= 0.6 is 0 Å². The number of H-pyrrole nitrogens is 1. The number of amidine groups is 1. The monoisotopic (exact) mass is 574 g/mol. The third-order valence-corrected chi connectivity index (χ3v) is 5.11. The van der Waals surface area contributed by atoms with Crippen molar-refractivity contribution in [1.29, 1.82) is 5.41 Å². The highest BCUT2D eigenvalue weighted by atomic mass is 19.3. The van der Waals surface area contributed by atoms with E-state index < -0.39 is 42.3 Å². The second kappa shape index (κ2) is 13.6. The Balaban J connectivity index is 0.00000108. The number of carboxylic acid groups (broad SMARTS) is 1. The average Bonchev–Trinajstić information content (AvgIpc) is 3.32. The number of aliphatic carboxylic acids is 1. The van der Waals surface area contributed by atoms with Gasteiger partial charge < -0.3 is 25.6 Å². The Morgan fingerprint density at radius 2 is 1.85 bits per heavy atom. The highest BCUT2D eigenvalue weighted by Crippen LogP contribution is 2.35. The molecule has 0 saturated heterocycles. The van der Waals surface area contributed by atoms with E-state index in [0.29, 0.717) is 11.3 Å². The molecule has 0 fully saturated rings. The summed E-state index contributed by atoms with van der Waals surface area (Å²) in [6.07, 6.45) is 0.00816. The molecule has 0 radical (unpaired) electrons. The first kappa shape index (κ1) is 30.1. The first-order valence-corrected chi connectivity index (χ1v) is 11.7. The lowest BCUT2D eigenvalue weighted by atomic mass is 10.0. The van der Waals surface area contributed by atoms with Gasteiger partial charge in [0.1, 0.15) is 24.2 Å². The van der Waals surface area contributed by atoms with Crippen molar-refractivity contribution in [2.45, 2.75) is 19.4 Å². The number of hydrogen-bond acceptors (Lipinski definition) is 9. The molecule has 4 rings (SSSR count). The third-order valence-electron chi connectivity index (χ3n) is 5.11. The van der Waals surface area contributed by atoms with Gasteiger partial charge in [-0.1, -0.05) is 0 Å². The van der Waals surface area contributed by atoms with Gasteiger partial charge in [-0.2, -0.15) is 0 Å². The van der Waals surface area contributed by atoms with E-state index in [9.17, 15) is 13.6 Å². The van der Waals surface area contributed by atoms with Crippen molar-refractivity contribution in [2.24, 2.45) is 5.73 Å². The number of aromatic amines is 1. The first-order valence-electron chi connectivity index (χ1n) is 11.7. The molecule has 0 aliphatic rings. The molecule has 41 heavy (non-hydrogen) atoms. The Kier molecular flexibility index (Phi) is 9.99. The number of rotatable bonds is 10. The summed E-state index contributed by atoms with van der Waals surface area (Å²) in [6.45, 7) is 0.0466. The number of benzene rings is 2. The smallest absolute Gasteiger partial charge is 0.350 e. The van der Waals surface area contributed by atoms with Crippen molar-refractivity contribution in [2.75, 3.05) is 19.0 Å². The molecule has 1 unspecified atom stereocenters. The zero-order valence-electron chi connectivity index (χ0n) is 21.6. The van der Waals surface area contributed by atoms with Crippen molar-refractivity contribution in [3.05, 3.63) is 88.1 Å². The number of carbonyl (C=O) groups is 1. The Hall–Kier alpha value is -5.41. The number of ether oxygens (including phenoxy) is 2. The van der Waals surface area contributed by atoms with Gasteiger partial charge in [-0.3, -0.25) is 15.2 Å². The standard InChI is InChI=1S/C23H21F3N8O3.C2H4O2/c1-36-14-9-15(18(26)16(10-14)37-11-17(24)25)19(31-13-5-3-12(4-6-13)20(27)28)21-32-23(35)34(33-21)22-29-7-2-8-30-22;1-2(3)4/h2-10,17,19,31H,11H2,1H3,(H3,27,28)(H,32,33,35);1H3,(H,3,4). The van der Waals surface area contributed by atoms with Crippen molar-refractivity contribution in [3.63, 3.8) is 0 Å². The number of alkyl halides is 2. The first-order chi connectivity index (χ1) is 19.5. The number of anilines is 1. The summed E-state index contributed by atoms with van der Waals surface area (Å²) in [5.41, 5.74) is 5.59. The normalized spacial score (nSPS) is 11.3. The number of halogens is 3. The summed E-state index contributed by atoms with van der Waals surface area (Å²) in [4.78, 5) is 32.2. The van der Waals surface area contributed by atoms with E-state index in [-0.39, 0.29) is 28.9 Å². The van der Waals surface area contributed by atoms with Crippen molar-refractivity contribution in [1.82, 2.24) is 24.7 Å². The van der Waals surface area contributed by atoms with Gasteiger partial charge in [-0.05, 0) is 36.4 Å². The van der Waals surface area contributed by atoms with Crippen LogP contribution in [0.3, 0.4) is 0 Å². The van der Waals surface area contributed by atoms with Crippen LogP contribution in [0.5, 0.6) is 11.5 Å². The molecule has 4 aromatic rings. The van der Waals surface area contributed by atoms with Gasteiger partial charge in [0, 0.05) is 42.2 Å². The van der Waals surface area contributed by atoms with Crippen LogP contribution in [0.15, 0.2) is 59.7 Å². The molecule has 0 amide bonds. The van der Waals surface area contributed by atoms with Crippen molar-refractivity contribution < 1.29 is 32.5 Å². The Morgan fingerprint density at radius 1 is 1.22 bits per heavy atom. The molecule has 13 nitrogen and oxygen atoms in total. The fourth-order valence-corrected chi connectivity index (χ4v) is 3.39. The predicted molar refractivity (Wildman–Crippen MR) is 140 cm³/mol. The van der Waals surface area contributed by atoms with E-state index in [1.165, 1.54) is 25.6 Å². The van der Waals surface area contributed by atoms with E-state index in [4.69, 9.17) is 30.5 Å². The average molecular weight is 575 g/mol. The molecule has 2 aromatic carbocycles. The molecule has 1 atom stereocenters. The quantitative estimate of drug-likeness (QED) is 0.139. The molecule has 2 heterocycles. The van der Waals surface area contributed by atoms with Crippen LogP contribution < -0.4 is 26.2 Å². The van der Waals surface area contributed by atoms with Gasteiger partial charge in [0.05, 0.1) is 7.11 Å². The number of nitrogens with zero attached hydrogens (tertiary/aromatic N) is 4. The topological polar surface area (TPSA) is 194 Å². The Morgan fingerprint density at radius 3 is 2.41 bits per heavy atom. The fourth-order valence-electron chi connectivity index (χ4n) is 3.39. The maximum atomic E-state index is 15.6. The van der Waals surface area contributed by atoms with Crippen LogP contribution in [-0.4, -0.2) is 61.8 Å². The van der Waals surface area contributed by atoms with Crippen LogP contribution in [0.4, 0.5) is 18.9 Å². The number of carboxylic acids is 1. The van der Waals surface area contributed by atoms with E-state index >= 15 is 4.39 Å². The molecule has 0 aliphatic carbocycles. The van der Waals surface area contributed by atoms with E-state index in [1.54, 1.807) is 30.3 Å². The minimum Gasteiger partial charge on any atom is -0.497 e. The predicted octanol–water partition coefficient (Wildman–Crippen LogP) is 2.72. The summed E-state index contributed by atoms with van der Waals surface area (Å²) in [5, 5.41) is 22.3. The SMILES string of the molecule is CC(=O)O.COc1cc(OCC(F)F)c(F)c(C(Nc2ccc(C(=N)N)cc2)c2nn(-c3ncccn3)c(=O)[nH]2)c1. The number of nitrogens with one attached hydrogen (secondary N) is 3. The molecule has 16 heteroatoms. The molecule has 2 aromatic heterocycles. The minimum atomic E-state index is -2.83. The number of hydrogen-bond donors (Lipinski definition) is 5. The Bertz CT molecular complexity index is 1540. The molecule has 0 bridgehead atoms. The zero-order chi connectivity index (χ0) is 30.1. The second-order valence-electron chi connectivity index (χ2n) is 8.09. The summed E-state index contributed by atoms with van der Waals surface area (Å²) < 4.78 is 52.2. The Labute approximate surface area is 230 Å². The van der Waals surface area contributed by atoms with Gasteiger partial charge >= 0.3 is 5.69 Å². The fraction of sp³-hybridized carbons (Fsp3) is 0.200. The third kappa shape index (κ3) is 8.04. The van der Waals surface area contributed by atoms with Gasteiger partial charge in [-0.15, -0.1) is 9.78 Å². The van der Waals surface area contributed by atoms with Crippen LogP contribution in [0, 0.1) is 11.2 Å². The van der Waals surface area contributed by atoms with Crippen LogP contribution in [0.25, 0.3) is 5.95 Å². The number of nitrogen functional groups attached to an aromatic ring is 1. The summed E-state index contributed by atoms with van der Waals surface area (Å²) in [5.74, 6) is -2.36. The lowest BCUT2D eigenvalue weighted by Crippen LogP contribution is -2.18. The summed E-state index contributed by atoms with van der Waals surface area (Å²) in [7, 11) is 1.32. The van der Waals surface area contributed by atoms with E-state index in [0.717, 1.165) is 17.7 Å². The lowest BCUT2D eigenvalue weighted by molar-refractivity contribution is -0.134. The minimum absolute atomic E-state index is 0.0216. The molecule has 6 N–H and O–H groups in total. The second-order valence-corrected chi connectivity index (χ2v) is 8.09. The number of aromatic nitrogens is 5. The van der Waals surface area contributed by atoms with Crippen LogP contribution in [0.2, 0.25) is 0 Å². The molecule has 0 saturated carbocycles. The van der Waals surface area contributed by atoms with Gasteiger partial charge in [0.2, 0.25) is 0 Å². The molecule has 0 aliphatic heterocycles. The lowest BCUT2D eigenvalue weighted by Gasteiger charge is -2.21. The number of nitrogens with two attached hydrogens (primary N) is 1. The van der Waals surface area contributed by atoms with Crippen LogP contribution in [0.1, 0.15) is 29.9 Å². The molecule has 0 spiro atoms. The largest absolute Gasteiger partial charge is 0.497 e. The maximum Gasteiger partial charge on any atom is 0.350 e. The van der Waals surface area contributed by atoms with E-state index in [2.05, 4.69) is 25.4 Å². The van der Waals surface area contributed by atoms with Crippen molar-refractivity contribution >= 4 is 17.5 Å². The summed E-state index contributed by atoms with van der Waals surface area (Å²) >= 11 is 0. The van der Waals surface area contributed by atoms with Gasteiger partial charge in [-0.25, -0.2) is 27.9 Å². The number of methoxy groups -OCH3 is 1. The molecule has 216 valence electrons. The zero-order valence-corrected chi connectivity index (χ0v) is 21.6. The van der Waals surface area contributed by atoms with Gasteiger partial charge in [0.15, 0.2) is 17.4 Å². The van der Waals surface area contributed by atoms with Crippen LogP contribution in [-0.2, 0) is 4.79 Å². The highest BCUT2D eigenvalue weighted by molar-refractivity contribution is 5.95. The maximum absolute atomic E-state index is 15.6. The van der Waals surface area contributed by atoms with Gasteiger partial charge in [0.25, 0.3) is 18.3 Å². The van der Waals surface area contributed by atoms with E-state index in [1.807, 2.05) is 0 Å². The summed E-state index contributed by atoms with van der Waals surface area (Å²) in [6, 6.07) is 9.17. The van der Waals surface area contributed by atoms with Crippen molar-refractivity contribution in [3.8, 4) is 17.4 Å².